The molecule has 0 aliphatic rings. The summed E-state index contributed by atoms with van der Waals surface area (Å²) in [5.41, 5.74) is 0.835. The fourth-order valence-corrected chi connectivity index (χ4v) is 2.26. The SMILES string of the molecule is CC(O)c1ccc(Oc2cncc(Br)c2)c(Br)c1. The van der Waals surface area contributed by atoms with E-state index >= 15 is 0 Å². The van der Waals surface area contributed by atoms with E-state index in [1.54, 1.807) is 19.3 Å². The molecule has 1 unspecified atom stereocenters. The topological polar surface area (TPSA) is 42.4 Å². The lowest BCUT2D eigenvalue weighted by Gasteiger charge is -2.10. The molecule has 1 N–H and O–H groups in total. The summed E-state index contributed by atoms with van der Waals surface area (Å²) in [6.45, 7) is 1.72. The minimum absolute atomic E-state index is 0.497. The minimum atomic E-state index is -0.497. The Bertz CT molecular complexity index is 558. The first-order valence-corrected chi connectivity index (χ1v) is 6.91. The molecule has 1 atom stereocenters. The number of halogens is 2. The summed E-state index contributed by atoms with van der Waals surface area (Å²) in [4.78, 5) is 4.03. The van der Waals surface area contributed by atoms with E-state index < -0.39 is 6.10 Å². The van der Waals surface area contributed by atoms with Crippen molar-refractivity contribution in [3.63, 3.8) is 0 Å². The van der Waals surface area contributed by atoms with E-state index in [4.69, 9.17) is 4.74 Å². The zero-order chi connectivity index (χ0) is 13.1. The number of aromatic nitrogens is 1. The lowest BCUT2D eigenvalue weighted by molar-refractivity contribution is 0.199. The Balaban J connectivity index is 2.24. The highest BCUT2D eigenvalue weighted by Crippen LogP contribution is 2.32. The smallest absolute Gasteiger partial charge is 0.146 e. The fraction of sp³-hybridized carbons (Fsp3) is 0.154. The summed E-state index contributed by atoms with van der Waals surface area (Å²) in [5.74, 6) is 1.33. The van der Waals surface area contributed by atoms with Crippen LogP contribution in [0.4, 0.5) is 0 Å². The van der Waals surface area contributed by atoms with Gasteiger partial charge in [0, 0.05) is 10.7 Å². The normalized spacial score (nSPS) is 12.2. The van der Waals surface area contributed by atoms with E-state index in [-0.39, 0.29) is 0 Å². The summed E-state index contributed by atoms with van der Waals surface area (Å²) >= 11 is 6.76. The second-order valence-electron chi connectivity index (χ2n) is 3.81. The Morgan fingerprint density at radius 3 is 2.61 bits per heavy atom. The molecule has 0 saturated carbocycles. The molecule has 0 aliphatic heterocycles. The summed E-state index contributed by atoms with van der Waals surface area (Å²) in [6.07, 6.45) is 2.83. The zero-order valence-electron chi connectivity index (χ0n) is 9.60. The van der Waals surface area contributed by atoms with Crippen LogP contribution in [0.5, 0.6) is 11.5 Å². The fourth-order valence-electron chi connectivity index (χ4n) is 1.43. The summed E-state index contributed by atoms with van der Waals surface area (Å²) in [6, 6.07) is 7.32. The predicted octanol–water partition coefficient (Wildman–Crippen LogP) is 4.45. The number of ether oxygens (including phenoxy) is 1. The van der Waals surface area contributed by atoms with Crippen LogP contribution in [0.3, 0.4) is 0 Å². The van der Waals surface area contributed by atoms with Gasteiger partial charge in [-0.3, -0.25) is 4.98 Å². The zero-order valence-corrected chi connectivity index (χ0v) is 12.8. The van der Waals surface area contributed by atoms with Crippen LogP contribution < -0.4 is 4.74 Å². The first-order chi connectivity index (χ1) is 8.56. The molecule has 1 aromatic carbocycles. The molecule has 94 valence electrons. The second kappa shape index (κ2) is 5.82. The van der Waals surface area contributed by atoms with E-state index in [2.05, 4.69) is 36.8 Å². The van der Waals surface area contributed by atoms with Crippen LogP contribution in [0, 0.1) is 0 Å². The number of hydrogen-bond donors (Lipinski definition) is 1. The Morgan fingerprint density at radius 1 is 1.22 bits per heavy atom. The maximum absolute atomic E-state index is 9.49. The lowest BCUT2D eigenvalue weighted by Crippen LogP contribution is -1.92. The Kier molecular flexibility index (Phi) is 4.37. The molecular weight excluding hydrogens is 362 g/mol. The van der Waals surface area contributed by atoms with E-state index in [1.165, 1.54) is 0 Å². The Morgan fingerprint density at radius 2 is 2.00 bits per heavy atom. The number of aliphatic hydroxyl groups excluding tert-OH is 1. The number of rotatable bonds is 3. The second-order valence-corrected chi connectivity index (χ2v) is 5.58. The molecule has 0 saturated heterocycles. The molecule has 0 bridgehead atoms. The number of pyridine rings is 1. The molecule has 3 nitrogen and oxygen atoms in total. The van der Waals surface area contributed by atoms with E-state index in [0.29, 0.717) is 11.5 Å². The third kappa shape index (κ3) is 3.31. The van der Waals surface area contributed by atoms with E-state index in [9.17, 15) is 5.11 Å². The highest BCUT2D eigenvalue weighted by atomic mass is 79.9. The van der Waals surface area contributed by atoms with Crippen LogP contribution in [0.1, 0.15) is 18.6 Å². The van der Waals surface area contributed by atoms with Crippen molar-refractivity contribution in [2.45, 2.75) is 13.0 Å². The van der Waals surface area contributed by atoms with Gasteiger partial charge in [-0.2, -0.15) is 0 Å². The van der Waals surface area contributed by atoms with Crippen molar-refractivity contribution in [3.8, 4) is 11.5 Å². The summed E-state index contributed by atoms with van der Waals surface area (Å²) < 4.78 is 7.35. The number of hydrogen-bond acceptors (Lipinski definition) is 3. The predicted molar refractivity (Wildman–Crippen MR) is 76.8 cm³/mol. The monoisotopic (exact) mass is 371 g/mol. The van der Waals surface area contributed by atoms with Crippen molar-refractivity contribution in [1.82, 2.24) is 4.98 Å². The van der Waals surface area contributed by atoms with Gasteiger partial charge in [0.15, 0.2) is 0 Å². The maximum atomic E-state index is 9.49. The molecule has 5 heteroatoms. The van der Waals surface area contributed by atoms with Gasteiger partial charge in [0.2, 0.25) is 0 Å². The van der Waals surface area contributed by atoms with E-state index in [0.717, 1.165) is 14.5 Å². The van der Waals surface area contributed by atoms with Gasteiger partial charge in [0.05, 0.1) is 16.8 Å². The Labute approximate surface area is 122 Å². The van der Waals surface area contributed by atoms with Gasteiger partial charge in [-0.25, -0.2) is 0 Å². The summed E-state index contributed by atoms with van der Waals surface area (Å²) in [5, 5.41) is 9.49. The minimum Gasteiger partial charge on any atom is -0.455 e. The van der Waals surface area contributed by atoms with Crippen molar-refractivity contribution in [1.29, 1.82) is 0 Å². The summed E-state index contributed by atoms with van der Waals surface area (Å²) in [7, 11) is 0. The first-order valence-electron chi connectivity index (χ1n) is 5.32. The molecule has 0 spiro atoms. The van der Waals surface area contributed by atoms with Crippen LogP contribution in [0.25, 0.3) is 0 Å². The van der Waals surface area contributed by atoms with Gasteiger partial charge in [-0.05, 0) is 62.5 Å². The highest BCUT2D eigenvalue weighted by Gasteiger charge is 2.07. The molecule has 0 fully saturated rings. The molecule has 18 heavy (non-hydrogen) atoms. The van der Waals surface area contributed by atoms with Crippen LogP contribution in [0.15, 0.2) is 45.6 Å². The van der Waals surface area contributed by atoms with Gasteiger partial charge < -0.3 is 9.84 Å². The van der Waals surface area contributed by atoms with Crippen molar-refractivity contribution in [3.05, 3.63) is 51.2 Å². The number of nitrogens with zero attached hydrogens (tertiary/aromatic N) is 1. The van der Waals surface area contributed by atoms with Gasteiger partial charge in [-0.15, -0.1) is 0 Å². The quantitative estimate of drug-likeness (QED) is 0.865. The lowest BCUT2D eigenvalue weighted by atomic mass is 10.1. The molecule has 1 aromatic heterocycles. The largest absolute Gasteiger partial charge is 0.455 e. The molecule has 2 rings (SSSR count). The number of benzene rings is 1. The molecule has 2 aromatic rings. The van der Waals surface area contributed by atoms with Crippen molar-refractivity contribution in [2.24, 2.45) is 0 Å². The molecule has 0 aliphatic carbocycles. The third-order valence-corrected chi connectivity index (χ3v) is 3.40. The van der Waals surface area contributed by atoms with Crippen molar-refractivity contribution in [2.75, 3.05) is 0 Å². The first kappa shape index (κ1) is 13.5. The van der Waals surface area contributed by atoms with Gasteiger partial charge in [0.25, 0.3) is 0 Å². The van der Waals surface area contributed by atoms with Gasteiger partial charge in [0.1, 0.15) is 11.5 Å². The average molecular weight is 373 g/mol. The Hall–Kier alpha value is -0.910. The van der Waals surface area contributed by atoms with Crippen LogP contribution in [-0.4, -0.2) is 10.1 Å². The van der Waals surface area contributed by atoms with Gasteiger partial charge >= 0.3 is 0 Å². The van der Waals surface area contributed by atoms with Crippen molar-refractivity contribution >= 4 is 31.9 Å². The standard InChI is InChI=1S/C13H11Br2NO2/c1-8(17)9-2-3-13(12(15)4-9)18-11-5-10(14)6-16-7-11/h2-8,17H,1H3. The van der Waals surface area contributed by atoms with E-state index in [1.807, 2.05) is 24.3 Å². The van der Waals surface area contributed by atoms with Gasteiger partial charge in [-0.1, -0.05) is 6.07 Å². The van der Waals surface area contributed by atoms with Crippen LogP contribution in [0.2, 0.25) is 0 Å². The van der Waals surface area contributed by atoms with Crippen molar-refractivity contribution < 1.29 is 9.84 Å². The van der Waals surface area contributed by atoms with Crippen LogP contribution >= 0.6 is 31.9 Å². The number of aliphatic hydroxyl groups is 1. The highest BCUT2D eigenvalue weighted by molar-refractivity contribution is 9.10. The average Bonchev–Trinajstić information content (AvgIpc) is 2.31. The molecular formula is C13H11Br2NO2. The molecule has 0 radical (unpaired) electrons. The third-order valence-electron chi connectivity index (χ3n) is 2.35. The molecule has 1 heterocycles. The maximum Gasteiger partial charge on any atom is 0.146 e. The molecule has 0 amide bonds. The van der Waals surface area contributed by atoms with Crippen LogP contribution in [-0.2, 0) is 0 Å².